The number of carbonyl (C=O) groups excluding carboxylic acids is 2. The van der Waals surface area contributed by atoms with Gasteiger partial charge >= 0.3 is 6.09 Å². The molecule has 1 atom stereocenters. The summed E-state index contributed by atoms with van der Waals surface area (Å²) < 4.78 is 18.7. The summed E-state index contributed by atoms with van der Waals surface area (Å²) in [6.45, 7) is 8.42. The maximum atomic E-state index is 12.9. The van der Waals surface area contributed by atoms with E-state index in [9.17, 15) is 9.59 Å². The van der Waals surface area contributed by atoms with Gasteiger partial charge in [-0.25, -0.2) is 19.7 Å². The van der Waals surface area contributed by atoms with E-state index in [2.05, 4.69) is 35.8 Å². The van der Waals surface area contributed by atoms with E-state index in [1.807, 2.05) is 52.0 Å². The predicted molar refractivity (Wildman–Crippen MR) is 170 cm³/mol. The van der Waals surface area contributed by atoms with Gasteiger partial charge in [0.15, 0.2) is 5.65 Å². The first-order chi connectivity index (χ1) is 22.1. The maximum Gasteiger partial charge on any atom is 0.410 e. The van der Waals surface area contributed by atoms with Gasteiger partial charge in [-0.15, -0.1) is 10.2 Å². The average molecular weight is 624 g/mol. The number of fused-ring (bicyclic) bond motifs is 2. The Balaban J connectivity index is 1.14. The summed E-state index contributed by atoms with van der Waals surface area (Å²) in [5.41, 5.74) is 2.92. The smallest absolute Gasteiger partial charge is 0.410 e. The summed E-state index contributed by atoms with van der Waals surface area (Å²) in [5, 5.41) is 14.8. The van der Waals surface area contributed by atoms with Crippen LogP contribution in [0.5, 0.6) is 11.6 Å². The van der Waals surface area contributed by atoms with Crippen molar-refractivity contribution in [2.45, 2.75) is 39.3 Å². The minimum absolute atomic E-state index is 0.271. The molecule has 3 aromatic heterocycles. The minimum Gasteiger partial charge on any atom is -0.444 e. The zero-order chi connectivity index (χ0) is 32.3. The van der Waals surface area contributed by atoms with E-state index in [1.165, 1.54) is 12.4 Å². The van der Waals surface area contributed by atoms with Gasteiger partial charge in [0.05, 0.1) is 24.8 Å². The molecule has 1 aliphatic heterocycles. The molecule has 2 aromatic carbocycles. The Bertz CT molecular complexity index is 1930. The van der Waals surface area contributed by atoms with Crippen molar-refractivity contribution in [3.63, 3.8) is 0 Å². The van der Waals surface area contributed by atoms with Crippen molar-refractivity contribution in [2.75, 3.05) is 30.4 Å². The van der Waals surface area contributed by atoms with E-state index in [-0.39, 0.29) is 12.5 Å². The van der Waals surface area contributed by atoms with E-state index in [0.717, 1.165) is 11.3 Å². The van der Waals surface area contributed by atoms with Crippen LogP contribution in [0, 0.1) is 6.92 Å². The molecular weight excluding hydrogens is 590 g/mol. The van der Waals surface area contributed by atoms with E-state index in [4.69, 9.17) is 14.2 Å². The first kappa shape index (κ1) is 30.4. The van der Waals surface area contributed by atoms with E-state index < -0.39 is 17.7 Å². The molecule has 1 fully saturated rings. The quantitative estimate of drug-likeness (QED) is 0.234. The van der Waals surface area contributed by atoms with Crippen molar-refractivity contribution in [1.29, 1.82) is 0 Å². The molecule has 2 N–H and O–H groups in total. The number of aryl methyl sites for hydroxylation is 1. The third kappa shape index (κ3) is 7.18. The van der Waals surface area contributed by atoms with Gasteiger partial charge < -0.3 is 24.8 Å². The molecule has 6 rings (SSSR count). The Labute approximate surface area is 264 Å². The largest absolute Gasteiger partial charge is 0.444 e. The highest BCUT2D eigenvalue weighted by Gasteiger charge is 2.29. The molecule has 2 amide bonds. The first-order valence-electron chi connectivity index (χ1n) is 14.6. The maximum absolute atomic E-state index is 12.9. The minimum atomic E-state index is -0.627. The topological polar surface area (TPSA) is 158 Å². The number of nitrogens with zero attached hydrogens (tertiary/aromatic N) is 7. The fourth-order valence-electron chi connectivity index (χ4n) is 4.80. The van der Waals surface area contributed by atoms with Crippen LogP contribution in [0.2, 0.25) is 0 Å². The number of carbonyl (C=O) groups is 2. The lowest BCUT2D eigenvalue weighted by Gasteiger charge is -2.35. The third-order valence-electron chi connectivity index (χ3n) is 6.98. The van der Waals surface area contributed by atoms with Gasteiger partial charge in [-0.1, -0.05) is 6.08 Å². The number of anilines is 3. The molecule has 1 aliphatic rings. The van der Waals surface area contributed by atoms with Crippen LogP contribution in [0.3, 0.4) is 0 Å². The van der Waals surface area contributed by atoms with Crippen molar-refractivity contribution in [1.82, 2.24) is 34.4 Å². The lowest BCUT2D eigenvalue weighted by molar-refractivity contribution is -0.112. The van der Waals surface area contributed by atoms with Crippen LogP contribution >= 0.6 is 0 Å². The Kier molecular flexibility index (Phi) is 8.44. The van der Waals surface area contributed by atoms with Gasteiger partial charge in [-0.05, 0) is 69.7 Å². The summed E-state index contributed by atoms with van der Waals surface area (Å²) >= 11 is 0. The van der Waals surface area contributed by atoms with Crippen LogP contribution < -0.4 is 15.4 Å². The Morgan fingerprint density at radius 2 is 1.89 bits per heavy atom. The third-order valence-corrected chi connectivity index (χ3v) is 6.98. The fraction of sp³-hybridized carbons (Fsp3) is 0.281. The highest BCUT2D eigenvalue weighted by Crippen LogP contribution is 2.30. The van der Waals surface area contributed by atoms with E-state index in [1.54, 1.807) is 46.2 Å². The fourth-order valence-corrected chi connectivity index (χ4v) is 4.80. The second-order valence-electron chi connectivity index (χ2n) is 11.6. The lowest BCUT2D eigenvalue weighted by atomic mass is 10.1. The molecular formula is C32H33N9O5. The molecule has 236 valence electrons. The van der Waals surface area contributed by atoms with Crippen LogP contribution in [-0.2, 0) is 14.3 Å². The van der Waals surface area contributed by atoms with Gasteiger partial charge in [-0.3, -0.25) is 14.1 Å². The van der Waals surface area contributed by atoms with Crippen LogP contribution in [0.1, 0.15) is 26.3 Å². The Morgan fingerprint density at radius 1 is 1.04 bits per heavy atom. The number of hydrogen-bond donors (Lipinski definition) is 2. The first-order valence-corrected chi connectivity index (χ1v) is 14.6. The predicted octanol–water partition coefficient (Wildman–Crippen LogP) is 5.04. The second kappa shape index (κ2) is 12.8. The van der Waals surface area contributed by atoms with Gasteiger partial charge in [0, 0.05) is 35.4 Å². The van der Waals surface area contributed by atoms with Crippen LogP contribution in [0.25, 0.3) is 16.6 Å². The molecule has 0 radical (unpaired) electrons. The molecule has 4 heterocycles. The lowest BCUT2D eigenvalue weighted by Crippen LogP contribution is -2.49. The zero-order valence-corrected chi connectivity index (χ0v) is 25.8. The molecule has 0 bridgehead atoms. The summed E-state index contributed by atoms with van der Waals surface area (Å²) in [5.74, 6) is 1.25. The normalized spacial score (nSPS) is 15.3. The summed E-state index contributed by atoms with van der Waals surface area (Å²) in [6.07, 6.45) is 7.24. The van der Waals surface area contributed by atoms with Crippen molar-refractivity contribution >= 4 is 45.7 Å². The van der Waals surface area contributed by atoms with Crippen molar-refractivity contribution in [2.24, 2.45) is 0 Å². The van der Waals surface area contributed by atoms with Gasteiger partial charge in [0.25, 0.3) is 0 Å². The number of nitrogens with one attached hydrogen (secondary N) is 2. The molecule has 0 aliphatic carbocycles. The van der Waals surface area contributed by atoms with Gasteiger partial charge in [0.1, 0.15) is 36.2 Å². The van der Waals surface area contributed by atoms with Crippen LogP contribution in [0.4, 0.5) is 22.0 Å². The molecule has 0 saturated carbocycles. The van der Waals surface area contributed by atoms with Gasteiger partial charge in [-0.2, -0.15) is 0 Å². The molecule has 0 spiro atoms. The number of benzene rings is 2. The van der Waals surface area contributed by atoms with E-state index in [0.29, 0.717) is 52.8 Å². The zero-order valence-electron chi connectivity index (χ0n) is 25.8. The summed E-state index contributed by atoms with van der Waals surface area (Å²) in [6, 6.07) is 12.3. The SMILES string of the molecule is Cc1cc(Nc2ncnc3ccc(NC(=O)/C=C/C4COCCN4C(=O)OC(C)(C)C)cc23)ccc1Oc1cc2nncn2cn1. The molecule has 46 heavy (non-hydrogen) atoms. The number of morpholine rings is 1. The van der Waals surface area contributed by atoms with Crippen molar-refractivity contribution in [3.8, 4) is 11.6 Å². The monoisotopic (exact) mass is 623 g/mol. The number of aromatic nitrogens is 6. The highest BCUT2D eigenvalue weighted by atomic mass is 16.6. The standard InChI is InChI=1S/C32H33N9O5/c1-20-13-21(6-9-26(20)45-29-15-27-39-36-19-40(27)18-35-29)38-30-24-14-22(5-8-25(24)33-17-34-30)37-28(42)10-7-23-16-44-12-11-41(23)31(43)46-32(2,3)4/h5-10,13-15,17-19,23H,11-12,16H2,1-4H3,(H,37,42)(H,33,34,38)/b10-7+. The van der Waals surface area contributed by atoms with E-state index >= 15 is 0 Å². The number of hydrogen-bond acceptors (Lipinski definition) is 11. The molecule has 14 heteroatoms. The summed E-state index contributed by atoms with van der Waals surface area (Å²) in [4.78, 5) is 40.2. The molecule has 1 unspecified atom stereocenters. The van der Waals surface area contributed by atoms with Crippen LogP contribution in [0.15, 0.2) is 73.6 Å². The molecule has 14 nitrogen and oxygen atoms in total. The highest BCUT2D eigenvalue weighted by molar-refractivity contribution is 6.02. The summed E-state index contributed by atoms with van der Waals surface area (Å²) in [7, 11) is 0. The van der Waals surface area contributed by atoms with Crippen molar-refractivity contribution < 1.29 is 23.8 Å². The average Bonchev–Trinajstić information content (AvgIpc) is 3.49. The second-order valence-corrected chi connectivity index (χ2v) is 11.6. The van der Waals surface area contributed by atoms with Crippen LogP contribution in [-0.4, -0.2) is 77.9 Å². The Morgan fingerprint density at radius 3 is 2.72 bits per heavy atom. The molecule has 1 saturated heterocycles. The number of ether oxygens (including phenoxy) is 3. The number of rotatable bonds is 7. The number of amides is 2. The van der Waals surface area contributed by atoms with Gasteiger partial charge in [0.2, 0.25) is 11.8 Å². The Hall–Kier alpha value is -5.63. The van der Waals surface area contributed by atoms with Crippen molar-refractivity contribution in [3.05, 3.63) is 79.2 Å². The molecule has 5 aromatic rings.